The van der Waals surface area contributed by atoms with Gasteiger partial charge in [-0.05, 0) is 56.7 Å². The fourth-order valence-corrected chi connectivity index (χ4v) is 3.78. The molecule has 0 spiro atoms. The van der Waals surface area contributed by atoms with Crippen molar-refractivity contribution in [1.29, 1.82) is 0 Å². The molecular weight excluding hydrogens is 300 g/mol. The number of carbonyl (C=O) groups is 1. The smallest absolute Gasteiger partial charge is 0.220 e. The molecule has 0 aromatic heterocycles. The zero-order chi connectivity index (χ0) is 16.6. The summed E-state index contributed by atoms with van der Waals surface area (Å²) in [6, 6.07) is 11.0. The normalized spacial score (nSPS) is 22.6. The molecule has 1 aromatic carbocycles. The van der Waals surface area contributed by atoms with Gasteiger partial charge in [0.05, 0.1) is 6.61 Å². The Morgan fingerprint density at radius 3 is 2.67 bits per heavy atom. The van der Waals surface area contributed by atoms with Crippen molar-refractivity contribution in [2.75, 3.05) is 32.8 Å². The first kappa shape index (κ1) is 17.4. The number of rotatable bonds is 7. The van der Waals surface area contributed by atoms with Gasteiger partial charge in [-0.25, -0.2) is 0 Å². The monoisotopic (exact) mass is 330 g/mol. The average molecular weight is 330 g/mol. The summed E-state index contributed by atoms with van der Waals surface area (Å²) in [5.74, 6) is 0.846. The lowest BCUT2D eigenvalue weighted by Gasteiger charge is -2.35. The van der Waals surface area contributed by atoms with Crippen LogP contribution in [0.5, 0.6) is 0 Å². The van der Waals surface area contributed by atoms with E-state index in [-0.39, 0.29) is 5.91 Å². The minimum atomic E-state index is 0.206. The van der Waals surface area contributed by atoms with Crippen molar-refractivity contribution in [3.05, 3.63) is 35.9 Å². The second-order valence-electron chi connectivity index (χ2n) is 7.14. The fourth-order valence-electron chi connectivity index (χ4n) is 3.78. The van der Waals surface area contributed by atoms with Gasteiger partial charge < -0.3 is 10.1 Å². The second-order valence-corrected chi connectivity index (χ2v) is 7.14. The number of benzene rings is 1. The summed E-state index contributed by atoms with van der Waals surface area (Å²) in [5, 5.41) is 3.14. The number of nitrogens with zero attached hydrogens (tertiary/aromatic N) is 1. The largest absolute Gasteiger partial charge is 0.380 e. The highest BCUT2D eigenvalue weighted by Crippen LogP contribution is 2.21. The zero-order valence-electron chi connectivity index (χ0n) is 14.6. The quantitative estimate of drug-likeness (QED) is 0.836. The number of amides is 1. The van der Waals surface area contributed by atoms with Crippen LogP contribution in [-0.2, 0) is 16.0 Å². The predicted octanol–water partition coefficient (Wildman–Crippen LogP) is 2.63. The van der Waals surface area contributed by atoms with Gasteiger partial charge in [-0.1, -0.05) is 30.3 Å². The van der Waals surface area contributed by atoms with Gasteiger partial charge in [0.15, 0.2) is 0 Å². The van der Waals surface area contributed by atoms with Crippen molar-refractivity contribution in [1.82, 2.24) is 10.2 Å². The lowest BCUT2D eigenvalue weighted by atomic mass is 9.95. The Morgan fingerprint density at radius 1 is 1.17 bits per heavy atom. The Kier molecular flexibility index (Phi) is 6.67. The van der Waals surface area contributed by atoms with Gasteiger partial charge in [0.25, 0.3) is 0 Å². The van der Waals surface area contributed by atoms with Gasteiger partial charge >= 0.3 is 0 Å². The van der Waals surface area contributed by atoms with Crippen LogP contribution >= 0.6 is 0 Å². The average Bonchev–Trinajstić information content (AvgIpc) is 3.16. The van der Waals surface area contributed by atoms with E-state index in [0.717, 1.165) is 45.7 Å². The molecule has 1 N–H and O–H groups in total. The summed E-state index contributed by atoms with van der Waals surface area (Å²) in [5.41, 5.74) is 1.31. The number of piperidine rings is 1. The van der Waals surface area contributed by atoms with Crippen molar-refractivity contribution >= 4 is 5.91 Å². The third-order valence-electron chi connectivity index (χ3n) is 5.37. The summed E-state index contributed by atoms with van der Waals surface area (Å²) >= 11 is 0. The van der Waals surface area contributed by atoms with E-state index in [9.17, 15) is 4.79 Å². The Balaban J connectivity index is 1.27. The minimum Gasteiger partial charge on any atom is -0.380 e. The molecule has 132 valence electrons. The first-order valence-corrected chi connectivity index (χ1v) is 9.43. The van der Waals surface area contributed by atoms with Gasteiger partial charge in [0, 0.05) is 25.6 Å². The summed E-state index contributed by atoms with van der Waals surface area (Å²) in [4.78, 5) is 14.6. The molecule has 0 bridgehead atoms. The molecule has 1 aromatic rings. The van der Waals surface area contributed by atoms with Crippen LogP contribution in [0.3, 0.4) is 0 Å². The van der Waals surface area contributed by atoms with Crippen LogP contribution in [0.15, 0.2) is 30.3 Å². The van der Waals surface area contributed by atoms with Gasteiger partial charge in [-0.2, -0.15) is 0 Å². The number of carbonyl (C=O) groups excluding carboxylic acids is 1. The van der Waals surface area contributed by atoms with Gasteiger partial charge in [0.2, 0.25) is 5.91 Å². The van der Waals surface area contributed by atoms with E-state index < -0.39 is 0 Å². The van der Waals surface area contributed by atoms with Crippen LogP contribution in [0.1, 0.15) is 37.7 Å². The highest BCUT2D eigenvalue weighted by molar-refractivity contribution is 5.75. The number of hydrogen-bond acceptors (Lipinski definition) is 3. The Labute approximate surface area is 145 Å². The Morgan fingerprint density at radius 2 is 1.96 bits per heavy atom. The summed E-state index contributed by atoms with van der Waals surface area (Å²) in [6.07, 6.45) is 6.11. The summed E-state index contributed by atoms with van der Waals surface area (Å²) in [6.45, 7) is 4.98. The van der Waals surface area contributed by atoms with E-state index in [1.165, 1.54) is 24.8 Å². The molecule has 4 nitrogen and oxygen atoms in total. The molecular formula is C20H30N2O2. The van der Waals surface area contributed by atoms with Gasteiger partial charge in [-0.3, -0.25) is 9.69 Å². The Bertz CT molecular complexity index is 492. The fraction of sp³-hybridized carbons (Fsp3) is 0.650. The van der Waals surface area contributed by atoms with E-state index in [2.05, 4.69) is 34.5 Å². The van der Waals surface area contributed by atoms with Crippen molar-refractivity contribution in [3.63, 3.8) is 0 Å². The number of likely N-dealkylation sites (tertiary alicyclic amines) is 1. The molecule has 1 amide bonds. The van der Waals surface area contributed by atoms with Crippen LogP contribution in [0, 0.1) is 5.92 Å². The first-order chi connectivity index (χ1) is 11.8. The third-order valence-corrected chi connectivity index (χ3v) is 5.37. The first-order valence-electron chi connectivity index (χ1n) is 9.43. The van der Waals surface area contributed by atoms with Crippen molar-refractivity contribution < 1.29 is 9.53 Å². The highest BCUT2D eigenvalue weighted by atomic mass is 16.5. The van der Waals surface area contributed by atoms with Crippen LogP contribution in [0.4, 0.5) is 0 Å². The minimum absolute atomic E-state index is 0.206. The molecule has 0 unspecified atom stereocenters. The molecule has 2 aliphatic rings. The molecule has 2 heterocycles. The number of ether oxygens (including phenoxy) is 1. The standard InChI is InChI=1S/C20H30N2O2/c23-20(8-4-7-17-5-2-1-3-6-17)21-15-18-9-12-22(13-10-18)19-11-14-24-16-19/h1-3,5-6,18-19H,4,7-16H2,(H,21,23)/t19-/m1/s1. The van der Waals surface area contributed by atoms with Crippen LogP contribution in [0.2, 0.25) is 0 Å². The van der Waals surface area contributed by atoms with Crippen molar-refractivity contribution in [3.8, 4) is 0 Å². The summed E-state index contributed by atoms with van der Waals surface area (Å²) < 4.78 is 5.49. The van der Waals surface area contributed by atoms with Crippen LogP contribution in [0.25, 0.3) is 0 Å². The van der Waals surface area contributed by atoms with Crippen LogP contribution < -0.4 is 5.32 Å². The molecule has 2 aliphatic heterocycles. The van der Waals surface area contributed by atoms with E-state index in [1.54, 1.807) is 0 Å². The lowest BCUT2D eigenvalue weighted by molar-refractivity contribution is -0.121. The lowest BCUT2D eigenvalue weighted by Crippen LogP contribution is -2.43. The van der Waals surface area contributed by atoms with E-state index in [4.69, 9.17) is 4.74 Å². The van der Waals surface area contributed by atoms with Gasteiger partial charge in [-0.15, -0.1) is 0 Å². The maximum atomic E-state index is 12.0. The molecule has 2 saturated heterocycles. The maximum Gasteiger partial charge on any atom is 0.220 e. The number of nitrogens with one attached hydrogen (secondary N) is 1. The molecule has 0 saturated carbocycles. The molecule has 0 aliphatic carbocycles. The van der Waals surface area contributed by atoms with Crippen LogP contribution in [-0.4, -0.2) is 49.7 Å². The maximum absolute atomic E-state index is 12.0. The summed E-state index contributed by atoms with van der Waals surface area (Å²) in [7, 11) is 0. The second kappa shape index (κ2) is 9.19. The number of hydrogen-bond donors (Lipinski definition) is 1. The van der Waals surface area contributed by atoms with E-state index >= 15 is 0 Å². The van der Waals surface area contributed by atoms with E-state index in [0.29, 0.717) is 18.4 Å². The molecule has 3 rings (SSSR count). The van der Waals surface area contributed by atoms with E-state index in [1.807, 2.05) is 6.07 Å². The van der Waals surface area contributed by atoms with Crippen molar-refractivity contribution in [2.24, 2.45) is 5.92 Å². The molecule has 0 radical (unpaired) electrons. The Hall–Kier alpha value is -1.39. The SMILES string of the molecule is O=C(CCCc1ccccc1)NCC1CCN([C@@H]2CCOC2)CC1. The number of aryl methyl sites for hydroxylation is 1. The molecule has 4 heteroatoms. The molecule has 2 fully saturated rings. The molecule has 24 heavy (non-hydrogen) atoms. The topological polar surface area (TPSA) is 41.6 Å². The molecule has 1 atom stereocenters. The zero-order valence-corrected chi connectivity index (χ0v) is 14.6. The van der Waals surface area contributed by atoms with Crippen molar-refractivity contribution in [2.45, 2.75) is 44.6 Å². The van der Waals surface area contributed by atoms with Gasteiger partial charge in [0.1, 0.15) is 0 Å². The highest BCUT2D eigenvalue weighted by Gasteiger charge is 2.27. The third kappa shape index (κ3) is 5.32. The predicted molar refractivity (Wildman–Crippen MR) is 95.9 cm³/mol.